The Morgan fingerprint density at radius 3 is 2.56 bits per heavy atom. The molecule has 230 valence electrons. The molecule has 10 nitrogen and oxygen atoms in total. The number of nitrogens with zero attached hydrogens (tertiary/aromatic N) is 4. The average Bonchev–Trinajstić information content (AvgIpc) is 3.46. The lowest BCUT2D eigenvalue weighted by atomic mass is 9.96. The molecular formula is C33H42N4O6. The first-order valence-corrected chi connectivity index (χ1v) is 15.1. The van der Waals surface area contributed by atoms with Crippen molar-refractivity contribution in [3.05, 3.63) is 64.6 Å². The highest BCUT2D eigenvalue weighted by atomic mass is 16.5. The highest BCUT2D eigenvalue weighted by molar-refractivity contribution is 6.46. The van der Waals surface area contributed by atoms with Crippen LogP contribution in [0.4, 0.5) is 0 Å². The number of hydrogen-bond donors (Lipinski definition) is 1. The third-order valence-electron chi connectivity index (χ3n) is 8.15. The molecule has 43 heavy (non-hydrogen) atoms. The third-order valence-corrected chi connectivity index (χ3v) is 8.15. The fourth-order valence-electron chi connectivity index (χ4n) is 5.69. The van der Waals surface area contributed by atoms with Crippen molar-refractivity contribution < 1.29 is 28.9 Å². The number of aliphatic hydroxyl groups is 1. The first kappa shape index (κ1) is 30.6. The van der Waals surface area contributed by atoms with E-state index in [2.05, 4.69) is 18.7 Å². The molecule has 2 saturated heterocycles. The number of amides is 1. The van der Waals surface area contributed by atoms with Gasteiger partial charge in [-0.1, -0.05) is 26.0 Å². The van der Waals surface area contributed by atoms with Crippen molar-refractivity contribution in [2.75, 3.05) is 52.6 Å². The number of ether oxygens (including phenoxy) is 3. The predicted octanol–water partition coefficient (Wildman–Crippen LogP) is 4.53. The number of hydrogen-bond acceptors (Lipinski definition) is 8. The van der Waals surface area contributed by atoms with Crippen LogP contribution in [0, 0.1) is 19.8 Å². The van der Waals surface area contributed by atoms with Gasteiger partial charge in [-0.3, -0.25) is 14.5 Å². The van der Waals surface area contributed by atoms with E-state index in [1.807, 2.05) is 61.7 Å². The number of rotatable bonds is 11. The molecule has 0 saturated carbocycles. The van der Waals surface area contributed by atoms with Crippen molar-refractivity contribution in [2.45, 2.75) is 47.1 Å². The quantitative estimate of drug-likeness (QED) is 0.197. The molecule has 1 aromatic carbocycles. The standard InChI is InChI=1S/C33H42N4O6/c1-6-42-26-20-24(9-10-25(26)43-17-11-21(2)3)29-27(30(38)28-23(5)36-12-7-8-22(4)32(36)34-28)31(39)33(40)37(29)14-13-35-15-18-41-19-16-35/h7-10,12,20-21,29,38H,6,11,13-19H2,1-5H3/b30-27+. The number of aliphatic hydroxyl groups excluding tert-OH is 1. The molecule has 2 aliphatic heterocycles. The Kier molecular flexibility index (Phi) is 9.37. The molecule has 0 spiro atoms. The van der Waals surface area contributed by atoms with Gasteiger partial charge in [0.15, 0.2) is 17.3 Å². The van der Waals surface area contributed by atoms with Crippen LogP contribution in [0.2, 0.25) is 0 Å². The number of carbonyl (C=O) groups excluding carboxylic acids is 2. The Hall–Kier alpha value is -3.89. The number of Topliss-reactive ketones (excluding diaryl/α,β-unsaturated/α-hetero) is 1. The maximum Gasteiger partial charge on any atom is 0.295 e. The van der Waals surface area contributed by atoms with Crippen LogP contribution in [0.5, 0.6) is 11.5 Å². The summed E-state index contributed by atoms with van der Waals surface area (Å²) in [7, 11) is 0. The minimum Gasteiger partial charge on any atom is -0.505 e. The lowest BCUT2D eigenvalue weighted by Crippen LogP contribution is -2.42. The van der Waals surface area contributed by atoms with E-state index >= 15 is 0 Å². The molecule has 0 bridgehead atoms. The molecule has 0 aliphatic carbocycles. The van der Waals surface area contributed by atoms with Crippen molar-refractivity contribution >= 4 is 23.1 Å². The molecule has 1 unspecified atom stereocenters. The highest BCUT2D eigenvalue weighted by Crippen LogP contribution is 2.42. The summed E-state index contributed by atoms with van der Waals surface area (Å²) in [6, 6.07) is 8.51. The van der Waals surface area contributed by atoms with Crippen molar-refractivity contribution in [1.29, 1.82) is 0 Å². The Morgan fingerprint density at radius 1 is 1.09 bits per heavy atom. The molecule has 10 heteroatoms. The van der Waals surface area contributed by atoms with Crippen molar-refractivity contribution in [1.82, 2.24) is 19.2 Å². The Balaban J connectivity index is 1.59. The minimum atomic E-state index is -0.824. The van der Waals surface area contributed by atoms with Crippen molar-refractivity contribution in [2.24, 2.45) is 5.92 Å². The molecule has 2 aromatic heterocycles. The topological polar surface area (TPSA) is 106 Å². The number of aryl methyl sites for hydroxylation is 2. The highest BCUT2D eigenvalue weighted by Gasteiger charge is 2.46. The van der Waals surface area contributed by atoms with Crippen LogP contribution < -0.4 is 9.47 Å². The number of pyridine rings is 1. The molecule has 5 rings (SSSR count). The third kappa shape index (κ3) is 6.26. The normalized spacial score (nSPS) is 19.1. The molecule has 0 radical (unpaired) electrons. The molecular weight excluding hydrogens is 548 g/mol. The van der Waals surface area contributed by atoms with Gasteiger partial charge < -0.3 is 28.6 Å². The van der Waals surface area contributed by atoms with Gasteiger partial charge in [0.2, 0.25) is 0 Å². The van der Waals surface area contributed by atoms with Gasteiger partial charge >= 0.3 is 0 Å². The van der Waals surface area contributed by atoms with Crippen LogP contribution in [0.15, 0.2) is 42.1 Å². The van der Waals surface area contributed by atoms with E-state index in [-0.39, 0.29) is 17.0 Å². The number of aromatic nitrogens is 2. The molecule has 2 aliphatic rings. The van der Waals surface area contributed by atoms with E-state index in [1.54, 1.807) is 4.90 Å². The molecule has 1 atom stereocenters. The van der Waals surface area contributed by atoms with E-state index in [1.165, 1.54) is 0 Å². The van der Waals surface area contributed by atoms with E-state index in [9.17, 15) is 14.7 Å². The monoisotopic (exact) mass is 590 g/mol. The fraction of sp³-hybridized carbons (Fsp3) is 0.485. The summed E-state index contributed by atoms with van der Waals surface area (Å²) in [5.74, 6) is -0.0355. The number of fused-ring (bicyclic) bond motifs is 1. The molecule has 3 aromatic rings. The van der Waals surface area contributed by atoms with E-state index in [0.29, 0.717) is 73.8 Å². The summed E-state index contributed by atoms with van der Waals surface area (Å²) in [5, 5.41) is 11.8. The zero-order valence-corrected chi connectivity index (χ0v) is 25.8. The lowest BCUT2D eigenvalue weighted by molar-refractivity contribution is -0.140. The lowest BCUT2D eigenvalue weighted by Gasteiger charge is -2.31. The predicted molar refractivity (Wildman–Crippen MR) is 163 cm³/mol. The van der Waals surface area contributed by atoms with Crippen molar-refractivity contribution in [3.63, 3.8) is 0 Å². The van der Waals surface area contributed by atoms with Crippen molar-refractivity contribution in [3.8, 4) is 11.5 Å². The van der Waals surface area contributed by atoms with Crippen LogP contribution in [0.25, 0.3) is 11.4 Å². The molecule has 1 N–H and O–H groups in total. The number of ketones is 1. The Bertz CT molecular complexity index is 1520. The number of morpholine rings is 1. The van der Waals surface area contributed by atoms with Gasteiger partial charge in [-0.2, -0.15) is 0 Å². The van der Waals surface area contributed by atoms with Gasteiger partial charge in [-0.05, 0) is 62.4 Å². The number of benzene rings is 1. The zero-order chi connectivity index (χ0) is 30.7. The first-order valence-electron chi connectivity index (χ1n) is 15.1. The van der Waals surface area contributed by atoms with Gasteiger partial charge in [0.1, 0.15) is 11.3 Å². The number of carbonyl (C=O) groups is 2. The van der Waals surface area contributed by atoms with Gasteiger partial charge in [-0.25, -0.2) is 4.98 Å². The summed E-state index contributed by atoms with van der Waals surface area (Å²) in [6.45, 7) is 14.6. The van der Waals surface area contributed by atoms with Gasteiger partial charge in [-0.15, -0.1) is 0 Å². The summed E-state index contributed by atoms with van der Waals surface area (Å²) in [6.07, 6.45) is 2.76. The summed E-state index contributed by atoms with van der Waals surface area (Å²) >= 11 is 0. The average molecular weight is 591 g/mol. The van der Waals surface area contributed by atoms with Gasteiger partial charge in [0.25, 0.3) is 11.7 Å². The summed E-state index contributed by atoms with van der Waals surface area (Å²) in [4.78, 5) is 35.8. The maximum absolute atomic E-state index is 13.7. The van der Waals surface area contributed by atoms with Gasteiger partial charge in [0, 0.05) is 32.4 Å². The molecule has 2 fully saturated rings. The number of likely N-dealkylation sites (tertiary alicyclic amines) is 1. The van der Waals surface area contributed by atoms with Crippen LogP contribution in [-0.2, 0) is 14.3 Å². The number of imidazole rings is 1. The van der Waals surface area contributed by atoms with E-state index < -0.39 is 17.7 Å². The van der Waals surface area contributed by atoms with Crippen LogP contribution >= 0.6 is 0 Å². The first-order chi connectivity index (χ1) is 20.7. The zero-order valence-electron chi connectivity index (χ0n) is 25.8. The SMILES string of the molecule is CCOc1cc(C2/C(=C(\O)c3nc4c(C)cccn4c3C)C(=O)C(=O)N2CCN2CCOCC2)ccc1OCCC(C)C. The smallest absolute Gasteiger partial charge is 0.295 e. The molecule has 1 amide bonds. The second-order valence-electron chi connectivity index (χ2n) is 11.5. The van der Waals surface area contributed by atoms with E-state index in [4.69, 9.17) is 19.2 Å². The Labute approximate surface area is 252 Å². The molecule has 4 heterocycles. The largest absolute Gasteiger partial charge is 0.505 e. The van der Waals surface area contributed by atoms with Gasteiger partial charge in [0.05, 0.1) is 43.7 Å². The summed E-state index contributed by atoms with van der Waals surface area (Å²) < 4.78 is 19.4. The second kappa shape index (κ2) is 13.2. The minimum absolute atomic E-state index is 0.0204. The van der Waals surface area contributed by atoms with Crippen LogP contribution in [-0.4, -0.2) is 88.6 Å². The maximum atomic E-state index is 13.7. The van der Waals surface area contributed by atoms with E-state index in [0.717, 1.165) is 25.1 Å². The second-order valence-corrected chi connectivity index (χ2v) is 11.5. The Morgan fingerprint density at radius 2 is 1.86 bits per heavy atom. The van der Waals surface area contributed by atoms with Crippen LogP contribution in [0.3, 0.4) is 0 Å². The summed E-state index contributed by atoms with van der Waals surface area (Å²) in [5.41, 5.74) is 3.25. The fourth-order valence-corrected chi connectivity index (χ4v) is 5.69. The van der Waals surface area contributed by atoms with Crippen LogP contribution in [0.1, 0.15) is 55.7 Å².